The van der Waals surface area contributed by atoms with E-state index in [9.17, 15) is 9.59 Å². The highest BCUT2D eigenvalue weighted by molar-refractivity contribution is 5.93. The van der Waals surface area contributed by atoms with Gasteiger partial charge < -0.3 is 10.0 Å². The molecule has 0 unspecified atom stereocenters. The molecular formula is C16H22N2O3. The molecule has 114 valence electrons. The number of nitrogens with zero attached hydrogens (tertiary/aromatic N) is 2. The van der Waals surface area contributed by atoms with Gasteiger partial charge in [-0.15, -0.1) is 0 Å². The van der Waals surface area contributed by atoms with Crippen molar-refractivity contribution >= 4 is 17.7 Å². The Kier molecular flexibility index (Phi) is 4.83. The van der Waals surface area contributed by atoms with Gasteiger partial charge in [-0.1, -0.05) is 12.1 Å². The predicted molar refractivity (Wildman–Crippen MR) is 81.5 cm³/mol. The Morgan fingerprint density at radius 2 is 2.05 bits per heavy atom. The number of carboxylic acids is 1. The predicted octanol–water partition coefficient (Wildman–Crippen LogP) is 2.74. The molecule has 1 saturated carbocycles. The quantitative estimate of drug-likeness (QED) is 0.876. The van der Waals surface area contributed by atoms with Crippen LogP contribution in [0.1, 0.15) is 25.3 Å². The van der Waals surface area contributed by atoms with Gasteiger partial charge in [0.05, 0.1) is 0 Å². The maximum Gasteiger partial charge on any atom is 0.325 e. The molecule has 5 nitrogen and oxygen atoms in total. The van der Waals surface area contributed by atoms with Crippen LogP contribution in [0.25, 0.3) is 0 Å². The Balaban J connectivity index is 2.17. The molecule has 0 bridgehead atoms. The summed E-state index contributed by atoms with van der Waals surface area (Å²) in [5.74, 6) is -0.506. The average molecular weight is 290 g/mol. The second-order valence-electron chi connectivity index (χ2n) is 5.58. The first kappa shape index (κ1) is 15.4. The second kappa shape index (κ2) is 6.61. The van der Waals surface area contributed by atoms with Crippen LogP contribution in [-0.4, -0.2) is 41.6 Å². The van der Waals surface area contributed by atoms with Crippen LogP contribution in [0.4, 0.5) is 10.5 Å². The number of urea groups is 1. The van der Waals surface area contributed by atoms with Crippen LogP contribution in [0, 0.1) is 12.8 Å². The first-order chi connectivity index (χ1) is 10.0. The van der Waals surface area contributed by atoms with E-state index in [1.807, 2.05) is 38.1 Å². The van der Waals surface area contributed by atoms with E-state index in [-0.39, 0.29) is 12.6 Å². The molecule has 5 heteroatoms. The Morgan fingerprint density at radius 3 is 2.57 bits per heavy atom. The highest BCUT2D eigenvalue weighted by atomic mass is 16.4. The van der Waals surface area contributed by atoms with Crippen LogP contribution in [0.5, 0.6) is 0 Å². The summed E-state index contributed by atoms with van der Waals surface area (Å²) in [5, 5.41) is 9.02. The molecule has 1 aliphatic rings. The molecule has 0 spiro atoms. The monoisotopic (exact) mass is 290 g/mol. The molecule has 0 aromatic heterocycles. The van der Waals surface area contributed by atoms with Crippen LogP contribution in [0.15, 0.2) is 24.3 Å². The summed E-state index contributed by atoms with van der Waals surface area (Å²) in [7, 11) is 0. The number of hydrogen-bond acceptors (Lipinski definition) is 2. The van der Waals surface area contributed by atoms with E-state index in [0.29, 0.717) is 19.0 Å². The topological polar surface area (TPSA) is 60.9 Å². The highest BCUT2D eigenvalue weighted by Gasteiger charge is 2.30. The van der Waals surface area contributed by atoms with Crippen molar-refractivity contribution in [2.75, 3.05) is 24.5 Å². The van der Waals surface area contributed by atoms with Gasteiger partial charge in [0.25, 0.3) is 0 Å². The number of carboxylic acid groups (broad SMARTS) is 1. The number of aryl methyl sites for hydroxylation is 1. The summed E-state index contributed by atoms with van der Waals surface area (Å²) in [6.07, 6.45) is 2.17. The number of carbonyl (C=O) groups excluding carboxylic acids is 1. The molecular weight excluding hydrogens is 268 g/mol. The fourth-order valence-corrected chi connectivity index (χ4v) is 2.38. The van der Waals surface area contributed by atoms with E-state index < -0.39 is 5.97 Å². The van der Waals surface area contributed by atoms with Gasteiger partial charge in [0.1, 0.15) is 6.54 Å². The van der Waals surface area contributed by atoms with Gasteiger partial charge in [-0.3, -0.25) is 9.69 Å². The lowest BCUT2D eigenvalue weighted by atomic mass is 10.2. The molecule has 1 fully saturated rings. The van der Waals surface area contributed by atoms with Crippen LogP contribution in [-0.2, 0) is 4.79 Å². The second-order valence-corrected chi connectivity index (χ2v) is 5.58. The maximum absolute atomic E-state index is 12.7. The molecule has 2 amide bonds. The Hall–Kier alpha value is -2.04. The molecule has 1 aromatic carbocycles. The van der Waals surface area contributed by atoms with Crippen LogP contribution >= 0.6 is 0 Å². The lowest BCUT2D eigenvalue weighted by Crippen LogP contribution is -2.46. The fourth-order valence-electron chi connectivity index (χ4n) is 2.38. The Labute approximate surface area is 125 Å². The molecule has 1 aromatic rings. The third-order valence-electron chi connectivity index (χ3n) is 3.63. The molecule has 0 aliphatic heterocycles. The van der Waals surface area contributed by atoms with E-state index in [4.69, 9.17) is 5.11 Å². The molecule has 0 saturated heterocycles. The molecule has 2 rings (SSSR count). The van der Waals surface area contributed by atoms with Gasteiger partial charge in [-0.25, -0.2) is 4.79 Å². The summed E-state index contributed by atoms with van der Waals surface area (Å²) in [6, 6.07) is 7.48. The van der Waals surface area contributed by atoms with Crippen molar-refractivity contribution in [1.29, 1.82) is 0 Å². The van der Waals surface area contributed by atoms with Crippen molar-refractivity contribution in [1.82, 2.24) is 4.90 Å². The molecule has 0 radical (unpaired) electrons. The number of benzene rings is 1. The summed E-state index contributed by atoms with van der Waals surface area (Å²) >= 11 is 0. The van der Waals surface area contributed by atoms with Crippen LogP contribution in [0.3, 0.4) is 0 Å². The minimum atomic E-state index is -0.968. The summed E-state index contributed by atoms with van der Waals surface area (Å²) in [6.45, 7) is 4.69. The SMILES string of the molecule is CCN(C(=O)N(CC(=O)O)CC1CC1)c1cccc(C)c1. The number of aliphatic carboxylic acids is 1. The smallest absolute Gasteiger partial charge is 0.325 e. The van der Waals surface area contributed by atoms with Crippen molar-refractivity contribution in [2.24, 2.45) is 5.92 Å². The number of hydrogen-bond donors (Lipinski definition) is 1. The lowest BCUT2D eigenvalue weighted by Gasteiger charge is -2.29. The van der Waals surface area contributed by atoms with E-state index in [1.54, 1.807) is 4.90 Å². The minimum absolute atomic E-state index is 0.225. The van der Waals surface area contributed by atoms with E-state index in [1.165, 1.54) is 4.90 Å². The normalized spacial score (nSPS) is 13.8. The number of carbonyl (C=O) groups is 2. The maximum atomic E-state index is 12.7. The zero-order chi connectivity index (χ0) is 15.4. The van der Waals surface area contributed by atoms with Crippen LogP contribution < -0.4 is 4.90 Å². The van der Waals surface area contributed by atoms with Gasteiger partial charge in [-0.2, -0.15) is 0 Å². The van der Waals surface area contributed by atoms with Gasteiger partial charge in [0.15, 0.2) is 0 Å². The largest absolute Gasteiger partial charge is 0.480 e. The first-order valence-electron chi connectivity index (χ1n) is 7.36. The van der Waals surface area contributed by atoms with Gasteiger partial charge >= 0.3 is 12.0 Å². The molecule has 1 aliphatic carbocycles. The van der Waals surface area contributed by atoms with E-state index in [2.05, 4.69) is 0 Å². The highest BCUT2D eigenvalue weighted by Crippen LogP contribution is 2.30. The Morgan fingerprint density at radius 1 is 1.33 bits per heavy atom. The fraction of sp³-hybridized carbons (Fsp3) is 0.500. The number of anilines is 1. The van der Waals surface area contributed by atoms with Crippen LogP contribution in [0.2, 0.25) is 0 Å². The van der Waals surface area contributed by atoms with Gasteiger partial charge in [-0.05, 0) is 50.3 Å². The van der Waals surface area contributed by atoms with E-state index >= 15 is 0 Å². The van der Waals surface area contributed by atoms with Crippen molar-refractivity contribution in [2.45, 2.75) is 26.7 Å². The summed E-state index contributed by atoms with van der Waals surface area (Å²) in [5.41, 5.74) is 1.89. The third-order valence-corrected chi connectivity index (χ3v) is 3.63. The zero-order valence-electron chi connectivity index (χ0n) is 12.6. The molecule has 0 atom stereocenters. The van der Waals surface area contributed by atoms with Crippen molar-refractivity contribution in [3.63, 3.8) is 0 Å². The summed E-state index contributed by atoms with van der Waals surface area (Å²) < 4.78 is 0. The number of rotatable bonds is 6. The van der Waals surface area contributed by atoms with Crippen molar-refractivity contribution in [3.8, 4) is 0 Å². The molecule has 21 heavy (non-hydrogen) atoms. The third kappa shape index (κ3) is 4.21. The zero-order valence-corrected chi connectivity index (χ0v) is 12.6. The lowest BCUT2D eigenvalue weighted by molar-refractivity contribution is -0.137. The molecule has 1 N–H and O–H groups in total. The average Bonchev–Trinajstić information content (AvgIpc) is 3.22. The summed E-state index contributed by atoms with van der Waals surface area (Å²) in [4.78, 5) is 26.8. The van der Waals surface area contributed by atoms with Crippen molar-refractivity contribution in [3.05, 3.63) is 29.8 Å². The van der Waals surface area contributed by atoms with Gasteiger partial charge in [0.2, 0.25) is 0 Å². The van der Waals surface area contributed by atoms with Gasteiger partial charge in [0, 0.05) is 18.8 Å². The van der Waals surface area contributed by atoms with E-state index in [0.717, 1.165) is 24.1 Å². The molecule has 0 heterocycles. The minimum Gasteiger partial charge on any atom is -0.480 e. The van der Waals surface area contributed by atoms with Crippen molar-refractivity contribution < 1.29 is 14.7 Å². The number of amides is 2. The Bertz CT molecular complexity index is 526. The standard InChI is InChI=1S/C16H22N2O3/c1-3-18(14-6-4-5-12(2)9-14)16(21)17(11-15(19)20)10-13-7-8-13/h4-6,9,13H,3,7-8,10-11H2,1-2H3,(H,19,20). The first-order valence-corrected chi connectivity index (χ1v) is 7.36.